The number of carbonyl (C=O) groups excluding carboxylic acids is 3. The van der Waals surface area contributed by atoms with Gasteiger partial charge < -0.3 is 25.6 Å². The minimum absolute atomic E-state index is 0.00101. The van der Waals surface area contributed by atoms with Crippen LogP contribution in [0.2, 0.25) is 10.0 Å². The van der Waals surface area contributed by atoms with Gasteiger partial charge in [-0.05, 0) is 81.1 Å². The maximum absolute atomic E-state index is 13.9. The van der Waals surface area contributed by atoms with E-state index in [0.717, 1.165) is 74.5 Å². The van der Waals surface area contributed by atoms with Crippen LogP contribution in [0.25, 0.3) is 11.1 Å². The van der Waals surface area contributed by atoms with E-state index in [1.54, 1.807) is 11.1 Å². The number of rotatable bonds is 17. The number of anilines is 2. The number of benzene rings is 2. The fourth-order valence-electron chi connectivity index (χ4n) is 8.87. The lowest BCUT2D eigenvalue weighted by molar-refractivity contribution is -0.136. The minimum atomic E-state index is -0.605. The van der Waals surface area contributed by atoms with Gasteiger partial charge in [0.2, 0.25) is 11.8 Å². The van der Waals surface area contributed by atoms with Crippen LogP contribution in [0, 0.1) is 5.82 Å². The van der Waals surface area contributed by atoms with E-state index in [9.17, 15) is 18.8 Å². The van der Waals surface area contributed by atoms with Crippen LogP contribution in [0.15, 0.2) is 55.0 Å². The fourth-order valence-corrected chi connectivity index (χ4v) is 9.43. The van der Waals surface area contributed by atoms with E-state index in [1.165, 1.54) is 44.2 Å². The number of nitrogens with zero attached hydrogens (tertiary/aromatic N) is 6. The van der Waals surface area contributed by atoms with E-state index in [-0.39, 0.29) is 41.6 Å². The van der Waals surface area contributed by atoms with Crippen LogP contribution in [0.3, 0.4) is 0 Å². The quantitative estimate of drug-likeness (QED) is 0.0592. The van der Waals surface area contributed by atoms with E-state index in [0.29, 0.717) is 53.4 Å². The summed E-state index contributed by atoms with van der Waals surface area (Å²) in [7, 11) is 0. The van der Waals surface area contributed by atoms with Gasteiger partial charge in [-0.25, -0.2) is 9.37 Å². The van der Waals surface area contributed by atoms with E-state index >= 15 is 0 Å². The molecule has 3 saturated heterocycles. The highest BCUT2D eigenvalue weighted by atomic mass is 35.5. The Kier molecular flexibility index (Phi) is 13.2. The van der Waals surface area contributed by atoms with Crippen LogP contribution in [0.5, 0.6) is 5.75 Å². The number of halogens is 3. The smallest absolute Gasteiger partial charge is 0.255 e. The van der Waals surface area contributed by atoms with Crippen molar-refractivity contribution in [1.82, 2.24) is 34.8 Å². The first-order valence-corrected chi connectivity index (χ1v) is 21.9. The number of hydrogen-bond acceptors (Lipinski definition) is 10. The van der Waals surface area contributed by atoms with Gasteiger partial charge in [0.05, 0.1) is 29.9 Å². The van der Waals surface area contributed by atoms with Crippen molar-refractivity contribution in [1.29, 1.82) is 0 Å². The summed E-state index contributed by atoms with van der Waals surface area (Å²) >= 11 is 12.3. The number of likely N-dealkylation sites (tertiary alicyclic amines) is 2. The number of piperidine rings is 2. The van der Waals surface area contributed by atoms with Crippen LogP contribution in [-0.2, 0) is 22.6 Å². The fraction of sp³-hybridized carbons (Fsp3) is 0.477. The second kappa shape index (κ2) is 18.9. The third-order valence-corrected chi connectivity index (χ3v) is 13.1. The van der Waals surface area contributed by atoms with Crippen molar-refractivity contribution in [2.75, 3.05) is 56.9 Å². The standard InChI is InChI=1S/C44H52Cl2FN9O4/c45-35-9-10-36(47)41(46)33(35)15-20-60-39-21-28(22-49-42(39)48)29-23-50-56(24-29)31-13-18-53(19-14-31)16-4-2-1-3-5-17-54-25-30(26-54)51-37-8-6-7-32-34(37)27-55(44(32)59)38-11-12-40(57)52-43(38)58/h6-10,21-24,30-31,38,51H,1-5,11-20,25-27H2,(H2,48,49)(H,52,57,58)/t38-/m1/s1. The molecule has 2 aromatic carbocycles. The van der Waals surface area contributed by atoms with Crippen LogP contribution < -0.4 is 21.1 Å². The zero-order valence-electron chi connectivity index (χ0n) is 33.7. The first-order chi connectivity index (χ1) is 29.1. The van der Waals surface area contributed by atoms with E-state index in [1.807, 2.05) is 30.5 Å². The lowest BCUT2D eigenvalue weighted by Gasteiger charge is -2.40. The highest BCUT2D eigenvalue weighted by molar-refractivity contribution is 6.36. The summed E-state index contributed by atoms with van der Waals surface area (Å²) in [5.41, 5.74) is 10.9. The normalized spacial score (nSPS) is 19.1. The zero-order valence-corrected chi connectivity index (χ0v) is 35.2. The van der Waals surface area contributed by atoms with Gasteiger partial charge in [-0.15, -0.1) is 0 Å². The molecule has 6 heterocycles. The molecule has 2 aromatic heterocycles. The molecule has 3 amide bonds. The van der Waals surface area contributed by atoms with E-state index in [4.69, 9.17) is 38.8 Å². The molecular weight excluding hydrogens is 808 g/mol. The first-order valence-electron chi connectivity index (χ1n) is 21.1. The van der Waals surface area contributed by atoms with Crippen LogP contribution in [0.1, 0.15) is 85.3 Å². The molecule has 8 rings (SSSR count). The number of nitrogen functional groups attached to an aromatic ring is 1. The first kappa shape index (κ1) is 42.0. The predicted molar refractivity (Wildman–Crippen MR) is 230 cm³/mol. The number of ether oxygens (including phenoxy) is 1. The number of pyridine rings is 1. The topological polar surface area (TPSA) is 151 Å². The highest BCUT2D eigenvalue weighted by Crippen LogP contribution is 2.34. The van der Waals surface area contributed by atoms with Crippen LogP contribution >= 0.6 is 23.2 Å². The van der Waals surface area contributed by atoms with Crippen molar-refractivity contribution >= 4 is 52.4 Å². The largest absolute Gasteiger partial charge is 0.489 e. The Bertz CT molecular complexity index is 2210. The molecule has 3 fully saturated rings. The Balaban J connectivity index is 0.690. The summed E-state index contributed by atoms with van der Waals surface area (Å²) in [4.78, 5) is 48.3. The number of unbranched alkanes of at least 4 members (excludes halogenated alkanes) is 4. The van der Waals surface area contributed by atoms with Crippen LogP contribution in [-0.4, -0.2) is 105 Å². The molecular formula is C44H52Cl2FN9O4. The predicted octanol–water partition coefficient (Wildman–Crippen LogP) is 6.74. The lowest BCUT2D eigenvalue weighted by atomic mass is 10.0. The summed E-state index contributed by atoms with van der Waals surface area (Å²) in [5, 5.41) is 11.1. The number of nitrogens with one attached hydrogen (secondary N) is 2. The van der Waals surface area contributed by atoms with Crippen molar-refractivity contribution in [2.24, 2.45) is 0 Å². The molecule has 4 aliphatic heterocycles. The average Bonchev–Trinajstić information content (AvgIpc) is 3.85. The Morgan fingerprint density at radius 3 is 2.48 bits per heavy atom. The maximum atomic E-state index is 13.9. The summed E-state index contributed by atoms with van der Waals surface area (Å²) < 4.78 is 21.9. The molecule has 60 heavy (non-hydrogen) atoms. The molecule has 0 aliphatic carbocycles. The lowest BCUT2D eigenvalue weighted by Crippen LogP contribution is -2.54. The summed E-state index contributed by atoms with van der Waals surface area (Å²) in [6.07, 6.45) is 14.8. The molecule has 4 aliphatic rings. The van der Waals surface area contributed by atoms with Gasteiger partial charge in [0.15, 0.2) is 11.6 Å². The molecule has 4 N–H and O–H groups in total. The molecule has 0 radical (unpaired) electrons. The Morgan fingerprint density at radius 2 is 1.70 bits per heavy atom. The van der Waals surface area contributed by atoms with Crippen molar-refractivity contribution in [3.8, 4) is 16.9 Å². The summed E-state index contributed by atoms with van der Waals surface area (Å²) in [6.45, 7) is 6.90. The second-order valence-electron chi connectivity index (χ2n) is 16.4. The Labute approximate surface area is 359 Å². The Morgan fingerprint density at radius 1 is 0.933 bits per heavy atom. The average molecular weight is 861 g/mol. The molecule has 0 spiro atoms. The van der Waals surface area contributed by atoms with E-state index < -0.39 is 11.9 Å². The minimum Gasteiger partial charge on any atom is -0.489 e. The molecule has 16 heteroatoms. The van der Waals surface area contributed by atoms with Gasteiger partial charge in [-0.2, -0.15) is 5.10 Å². The van der Waals surface area contributed by atoms with Gasteiger partial charge in [-0.3, -0.25) is 29.3 Å². The number of nitrogens with two attached hydrogens (primary N) is 1. The molecule has 318 valence electrons. The maximum Gasteiger partial charge on any atom is 0.255 e. The SMILES string of the molecule is Nc1ncc(-c2cnn(C3CCN(CCCCCCCN4CC(Nc5cccc6c5CN([C@@H]5CCC(=O)NC5=O)C6=O)C4)CC3)c2)cc1OCCc1c(Cl)ccc(F)c1Cl. The number of hydrogen-bond donors (Lipinski definition) is 3. The number of imide groups is 1. The van der Waals surface area contributed by atoms with Gasteiger partial charge in [0, 0.05) is 90.9 Å². The third-order valence-electron chi connectivity index (χ3n) is 12.3. The van der Waals surface area contributed by atoms with Gasteiger partial charge >= 0.3 is 0 Å². The van der Waals surface area contributed by atoms with Gasteiger partial charge in [0.1, 0.15) is 11.9 Å². The number of carbonyl (C=O) groups is 3. The molecule has 0 unspecified atom stereocenters. The molecule has 0 saturated carbocycles. The number of fused-ring (bicyclic) bond motifs is 1. The number of aromatic nitrogens is 3. The monoisotopic (exact) mass is 859 g/mol. The van der Waals surface area contributed by atoms with Crippen molar-refractivity contribution in [3.63, 3.8) is 0 Å². The molecule has 1 atom stereocenters. The zero-order chi connectivity index (χ0) is 41.8. The van der Waals surface area contributed by atoms with E-state index in [2.05, 4.69) is 36.3 Å². The Hall–Kier alpha value is -4.76. The van der Waals surface area contributed by atoms with Crippen molar-refractivity contribution < 1.29 is 23.5 Å². The molecule has 0 bridgehead atoms. The van der Waals surface area contributed by atoms with Gasteiger partial charge in [0.25, 0.3) is 5.91 Å². The molecule has 13 nitrogen and oxygen atoms in total. The van der Waals surface area contributed by atoms with Crippen LogP contribution in [0.4, 0.5) is 15.9 Å². The summed E-state index contributed by atoms with van der Waals surface area (Å²) in [6, 6.07) is 10.4. The van der Waals surface area contributed by atoms with Gasteiger partial charge in [-0.1, -0.05) is 48.5 Å². The highest BCUT2D eigenvalue weighted by Gasteiger charge is 2.40. The summed E-state index contributed by atoms with van der Waals surface area (Å²) in [5.74, 6) is -0.622. The van der Waals surface area contributed by atoms with Crippen molar-refractivity contribution in [2.45, 2.75) is 88.9 Å². The molecule has 4 aromatic rings. The van der Waals surface area contributed by atoms with Crippen molar-refractivity contribution in [3.05, 3.63) is 87.5 Å². The second-order valence-corrected chi connectivity index (χ2v) is 17.2. The number of amides is 3. The third kappa shape index (κ3) is 9.57.